The van der Waals surface area contributed by atoms with Gasteiger partial charge in [0.2, 0.25) is 11.8 Å². The molecule has 31 heavy (non-hydrogen) atoms. The number of β-lactam (4-membered cyclic amide) rings is 1. The molecule has 4 rings (SSSR count). The van der Waals surface area contributed by atoms with Crippen LogP contribution in [-0.2, 0) is 14.4 Å². The lowest BCUT2D eigenvalue weighted by Crippen LogP contribution is -2.63. The summed E-state index contributed by atoms with van der Waals surface area (Å²) in [5.41, 5.74) is 0.0147. The highest BCUT2D eigenvalue weighted by molar-refractivity contribution is 8.03. The van der Waals surface area contributed by atoms with Crippen LogP contribution in [0.4, 0.5) is 0 Å². The summed E-state index contributed by atoms with van der Waals surface area (Å²) in [7, 11) is 0. The van der Waals surface area contributed by atoms with Gasteiger partial charge < -0.3 is 35.8 Å². The van der Waals surface area contributed by atoms with E-state index in [0.717, 1.165) is 0 Å². The minimum atomic E-state index is -1.14. The molecular formula is C20H30N4O6S. The number of β-amino-alcohol motifs (C(OH)–C–C–N with tert-alkyl or cyclic N) is 1. The Morgan fingerprint density at radius 3 is 2.71 bits per heavy atom. The summed E-state index contributed by atoms with van der Waals surface area (Å²) in [6.45, 7) is 5.95. The van der Waals surface area contributed by atoms with Gasteiger partial charge in [-0.3, -0.25) is 9.59 Å². The van der Waals surface area contributed by atoms with E-state index in [1.54, 1.807) is 11.8 Å². The maximum absolute atomic E-state index is 12.9. The summed E-state index contributed by atoms with van der Waals surface area (Å²) in [5.74, 6) is -2.30. The number of hydrogen-bond donors (Lipinski definition) is 5. The van der Waals surface area contributed by atoms with Crippen molar-refractivity contribution in [1.29, 1.82) is 0 Å². The van der Waals surface area contributed by atoms with Crippen LogP contribution >= 0.6 is 11.8 Å². The summed E-state index contributed by atoms with van der Waals surface area (Å²) in [6.07, 6.45) is -0.876. The Bertz CT molecular complexity index is 805. The topological polar surface area (TPSA) is 142 Å². The number of rotatable bonds is 5. The standard InChI is InChI=1S/C20H30N4O6S/c1-9-15-14(10(2)25)19(28)24(15)16(20(29)30)17(9)31-12-5-13(22-7-12)18(27)23-4-3-21-6-11(26)8-23/h9-15,21-22,25-26H,3-8H2,1-2H3,(H,29,30)/t9-,10-,11?,12+,13+,14-,15-/m1/s1. The van der Waals surface area contributed by atoms with Crippen molar-refractivity contribution in [2.75, 3.05) is 32.7 Å². The fourth-order valence-corrected chi connectivity index (χ4v) is 6.63. The summed E-state index contributed by atoms with van der Waals surface area (Å²) >= 11 is 1.42. The highest BCUT2D eigenvalue weighted by Crippen LogP contribution is 2.51. The van der Waals surface area contributed by atoms with Gasteiger partial charge in [0.15, 0.2) is 0 Å². The van der Waals surface area contributed by atoms with Crippen molar-refractivity contribution in [3.05, 3.63) is 10.6 Å². The smallest absolute Gasteiger partial charge is 0.353 e. The van der Waals surface area contributed by atoms with Crippen molar-refractivity contribution in [3.63, 3.8) is 0 Å². The second-order valence-electron chi connectivity index (χ2n) is 8.85. The number of aliphatic hydroxyl groups is 2. The Kier molecular flexibility index (Phi) is 6.32. The molecule has 4 aliphatic heterocycles. The molecule has 11 heteroatoms. The fourth-order valence-electron chi connectivity index (χ4n) is 5.15. The van der Waals surface area contributed by atoms with Crippen LogP contribution in [0.5, 0.6) is 0 Å². The van der Waals surface area contributed by atoms with Crippen LogP contribution in [-0.4, -0.2) is 105 Å². The van der Waals surface area contributed by atoms with Crippen LogP contribution in [0, 0.1) is 11.8 Å². The molecule has 5 N–H and O–H groups in total. The van der Waals surface area contributed by atoms with E-state index in [1.165, 1.54) is 16.7 Å². The Balaban J connectivity index is 1.44. The Labute approximate surface area is 185 Å². The number of aliphatic carboxylic acids is 1. The highest BCUT2D eigenvalue weighted by Gasteiger charge is 2.60. The molecule has 7 atom stereocenters. The van der Waals surface area contributed by atoms with Gasteiger partial charge in [0.05, 0.1) is 30.2 Å². The molecule has 0 radical (unpaired) electrons. The third-order valence-corrected chi connectivity index (χ3v) is 8.19. The molecule has 4 heterocycles. The molecule has 3 saturated heterocycles. The lowest BCUT2D eigenvalue weighted by atomic mass is 9.79. The number of nitrogens with one attached hydrogen (secondary N) is 2. The summed E-state index contributed by atoms with van der Waals surface area (Å²) < 4.78 is 0. The predicted octanol–water partition coefficient (Wildman–Crippen LogP) is -1.60. The predicted molar refractivity (Wildman–Crippen MR) is 113 cm³/mol. The molecule has 0 spiro atoms. The molecule has 4 aliphatic rings. The zero-order valence-corrected chi connectivity index (χ0v) is 18.5. The Morgan fingerprint density at radius 2 is 2.03 bits per heavy atom. The van der Waals surface area contributed by atoms with Gasteiger partial charge >= 0.3 is 5.97 Å². The van der Waals surface area contributed by atoms with E-state index in [0.29, 0.717) is 44.0 Å². The zero-order chi connectivity index (χ0) is 22.4. The normalized spacial score (nSPS) is 36.8. The second-order valence-corrected chi connectivity index (χ2v) is 10.2. The SMILES string of the molecule is C[C@@H](O)[C@H]1C(=O)N2C(C(=O)O)=C(S[C@@H]3CN[C@H](C(=O)N4CCNCC(O)C4)C3)[C@H](C)[C@H]12. The first-order valence-corrected chi connectivity index (χ1v) is 11.6. The molecule has 172 valence electrons. The molecule has 0 aliphatic carbocycles. The molecule has 0 bridgehead atoms. The van der Waals surface area contributed by atoms with Gasteiger partial charge in [-0.1, -0.05) is 6.92 Å². The van der Waals surface area contributed by atoms with E-state index in [2.05, 4.69) is 10.6 Å². The fraction of sp³-hybridized carbons (Fsp3) is 0.750. The third-order valence-electron chi connectivity index (χ3n) is 6.67. The first-order chi connectivity index (χ1) is 14.7. The second kappa shape index (κ2) is 8.70. The number of carbonyl (C=O) groups excluding carboxylic acids is 2. The van der Waals surface area contributed by atoms with E-state index in [9.17, 15) is 29.7 Å². The first-order valence-electron chi connectivity index (χ1n) is 10.8. The quantitative estimate of drug-likeness (QED) is 0.310. The monoisotopic (exact) mass is 454 g/mol. The summed E-state index contributed by atoms with van der Waals surface area (Å²) in [5, 5.41) is 36.0. The molecule has 1 unspecified atom stereocenters. The molecular weight excluding hydrogens is 424 g/mol. The maximum atomic E-state index is 12.9. The molecule has 10 nitrogen and oxygen atoms in total. The molecule has 2 amide bonds. The van der Waals surface area contributed by atoms with Crippen LogP contribution in [0.15, 0.2) is 10.6 Å². The average molecular weight is 455 g/mol. The molecule has 0 aromatic rings. The number of hydrogen-bond acceptors (Lipinski definition) is 8. The molecule has 0 saturated carbocycles. The van der Waals surface area contributed by atoms with Gasteiger partial charge in [-0.05, 0) is 13.3 Å². The Morgan fingerprint density at radius 1 is 1.29 bits per heavy atom. The van der Waals surface area contributed by atoms with E-state index < -0.39 is 24.1 Å². The number of nitrogens with zero attached hydrogens (tertiary/aromatic N) is 2. The zero-order valence-electron chi connectivity index (χ0n) is 17.7. The highest BCUT2D eigenvalue weighted by atomic mass is 32.2. The van der Waals surface area contributed by atoms with Crippen molar-refractivity contribution in [3.8, 4) is 0 Å². The number of carboxylic acid groups (broad SMARTS) is 1. The van der Waals surface area contributed by atoms with Crippen molar-refractivity contribution in [2.24, 2.45) is 11.8 Å². The van der Waals surface area contributed by atoms with Crippen molar-refractivity contribution in [2.45, 2.75) is 49.8 Å². The number of thioether (sulfide) groups is 1. The van der Waals surface area contributed by atoms with Gasteiger partial charge in [-0.25, -0.2) is 4.79 Å². The van der Waals surface area contributed by atoms with Crippen LogP contribution in [0.3, 0.4) is 0 Å². The number of fused-ring (bicyclic) bond motifs is 1. The minimum Gasteiger partial charge on any atom is -0.477 e. The molecule has 3 fully saturated rings. The van der Waals surface area contributed by atoms with Crippen LogP contribution in [0.1, 0.15) is 20.3 Å². The third kappa shape index (κ3) is 3.97. The number of carboxylic acids is 1. The van der Waals surface area contributed by atoms with Gasteiger partial charge in [0.25, 0.3) is 0 Å². The van der Waals surface area contributed by atoms with Crippen LogP contribution in [0.25, 0.3) is 0 Å². The van der Waals surface area contributed by atoms with Gasteiger partial charge in [-0.15, -0.1) is 11.8 Å². The van der Waals surface area contributed by atoms with Gasteiger partial charge in [0.1, 0.15) is 5.70 Å². The Hall–Kier alpha value is -1.66. The lowest BCUT2D eigenvalue weighted by Gasteiger charge is -2.46. The van der Waals surface area contributed by atoms with Crippen LogP contribution < -0.4 is 10.6 Å². The van der Waals surface area contributed by atoms with Crippen LogP contribution in [0.2, 0.25) is 0 Å². The molecule has 0 aromatic carbocycles. The van der Waals surface area contributed by atoms with E-state index in [-0.39, 0.29) is 40.8 Å². The van der Waals surface area contributed by atoms with Gasteiger partial charge in [-0.2, -0.15) is 0 Å². The number of carbonyl (C=O) groups is 3. The van der Waals surface area contributed by atoms with E-state index >= 15 is 0 Å². The minimum absolute atomic E-state index is 0.00502. The largest absolute Gasteiger partial charge is 0.477 e. The van der Waals surface area contributed by atoms with Crippen molar-refractivity contribution >= 4 is 29.5 Å². The van der Waals surface area contributed by atoms with E-state index in [1.807, 2.05) is 6.92 Å². The first kappa shape index (κ1) is 22.5. The van der Waals surface area contributed by atoms with E-state index in [4.69, 9.17) is 0 Å². The van der Waals surface area contributed by atoms with Crippen molar-refractivity contribution < 1.29 is 29.7 Å². The average Bonchev–Trinajstić information content (AvgIpc) is 3.17. The number of amides is 2. The lowest BCUT2D eigenvalue weighted by molar-refractivity contribution is -0.163. The maximum Gasteiger partial charge on any atom is 0.353 e. The summed E-state index contributed by atoms with van der Waals surface area (Å²) in [6, 6.07) is -0.712. The summed E-state index contributed by atoms with van der Waals surface area (Å²) in [4.78, 5) is 41.0. The molecule has 0 aromatic heterocycles. The number of aliphatic hydroxyl groups excluding tert-OH is 2. The van der Waals surface area contributed by atoms with Crippen molar-refractivity contribution in [1.82, 2.24) is 20.4 Å². The van der Waals surface area contributed by atoms with Gasteiger partial charge in [0, 0.05) is 48.8 Å².